The quantitative estimate of drug-likeness (QED) is 0.204. The lowest BCUT2D eigenvalue weighted by molar-refractivity contribution is -0.143. The first kappa shape index (κ1) is 33.9. The Morgan fingerprint density at radius 1 is 1.05 bits per heavy atom. The molecule has 4 amide bonds. The first-order valence-corrected chi connectivity index (χ1v) is 15.8. The van der Waals surface area contributed by atoms with Crippen LogP contribution in [0.15, 0.2) is 48.5 Å². The summed E-state index contributed by atoms with van der Waals surface area (Å²) < 4.78 is 16.7. The van der Waals surface area contributed by atoms with Crippen LogP contribution in [0.3, 0.4) is 0 Å². The van der Waals surface area contributed by atoms with Crippen molar-refractivity contribution in [1.82, 2.24) is 16.0 Å². The van der Waals surface area contributed by atoms with Gasteiger partial charge in [0.05, 0.1) is 5.25 Å². The van der Waals surface area contributed by atoms with Crippen molar-refractivity contribution < 1.29 is 38.2 Å². The minimum atomic E-state index is -1.67. The van der Waals surface area contributed by atoms with Crippen molar-refractivity contribution in [2.24, 2.45) is 0 Å². The van der Waals surface area contributed by atoms with Crippen molar-refractivity contribution in [3.05, 3.63) is 59.7 Å². The maximum Gasteiger partial charge on any atom is 0.408 e. The zero-order chi connectivity index (χ0) is 31.6. The Labute approximate surface area is 259 Å². The lowest BCUT2D eigenvalue weighted by Gasteiger charge is -2.30. The molecule has 0 radical (unpaired) electrons. The summed E-state index contributed by atoms with van der Waals surface area (Å²) in [6.07, 6.45) is 2.47. The van der Waals surface area contributed by atoms with Gasteiger partial charge in [-0.3, -0.25) is 24.5 Å². The monoisotopic (exact) mass is 631 g/mol. The fraction of sp³-hybridized carbons (Fsp3) is 0.433. The van der Waals surface area contributed by atoms with Crippen LogP contribution in [0.25, 0.3) is 0 Å². The van der Waals surface area contributed by atoms with Gasteiger partial charge in [-0.05, 0) is 81.0 Å². The number of hydrogen-bond donors (Lipinski definition) is 3. The minimum absolute atomic E-state index is 0.0324. The highest BCUT2D eigenvalue weighted by atomic mass is 32.2. The number of imide groups is 1. The SMILES string of the molecule is COC(C=O)(Cc1ccc(Oc2ccc(CC3SC(=O)NC3=O)cc2)cc1)NC(=O)C(CCSC)NC(=O)OC(C)(C)C. The predicted molar refractivity (Wildman–Crippen MR) is 165 cm³/mol. The molecule has 3 N–H and O–H groups in total. The summed E-state index contributed by atoms with van der Waals surface area (Å²) >= 11 is 2.50. The predicted octanol–water partition coefficient (Wildman–Crippen LogP) is 4.22. The van der Waals surface area contributed by atoms with Crippen LogP contribution in [-0.2, 0) is 36.7 Å². The fourth-order valence-electron chi connectivity index (χ4n) is 4.09. The molecule has 0 aliphatic carbocycles. The average Bonchev–Trinajstić information content (AvgIpc) is 3.27. The van der Waals surface area contributed by atoms with Gasteiger partial charge in [-0.15, -0.1) is 0 Å². The number of ether oxygens (including phenoxy) is 3. The van der Waals surface area contributed by atoms with Gasteiger partial charge in [0, 0.05) is 13.5 Å². The highest BCUT2D eigenvalue weighted by molar-refractivity contribution is 8.15. The average molecular weight is 632 g/mol. The summed E-state index contributed by atoms with van der Waals surface area (Å²) in [5.74, 6) is 0.864. The molecule has 13 heteroatoms. The summed E-state index contributed by atoms with van der Waals surface area (Å²) in [4.78, 5) is 60.9. The maximum absolute atomic E-state index is 13.2. The van der Waals surface area contributed by atoms with E-state index in [-0.39, 0.29) is 17.6 Å². The molecule has 1 fully saturated rings. The molecule has 0 aromatic heterocycles. The smallest absolute Gasteiger partial charge is 0.408 e. The van der Waals surface area contributed by atoms with Gasteiger partial charge < -0.3 is 24.8 Å². The number of methoxy groups -OCH3 is 1. The molecular weight excluding hydrogens is 594 g/mol. The van der Waals surface area contributed by atoms with E-state index in [9.17, 15) is 24.0 Å². The van der Waals surface area contributed by atoms with Crippen LogP contribution in [0.1, 0.15) is 38.3 Å². The maximum atomic E-state index is 13.2. The second-order valence-electron chi connectivity index (χ2n) is 10.8. The van der Waals surface area contributed by atoms with Crippen LogP contribution in [-0.4, -0.2) is 71.2 Å². The van der Waals surface area contributed by atoms with E-state index in [1.54, 1.807) is 57.2 Å². The molecule has 3 unspecified atom stereocenters. The molecule has 11 nitrogen and oxygen atoms in total. The Balaban J connectivity index is 1.62. The number of carbonyl (C=O) groups excluding carboxylic acids is 5. The fourth-order valence-corrected chi connectivity index (χ4v) is 5.42. The van der Waals surface area contributed by atoms with Crippen molar-refractivity contribution in [1.29, 1.82) is 0 Å². The summed E-state index contributed by atoms with van der Waals surface area (Å²) in [6.45, 7) is 5.17. The highest BCUT2D eigenvalue weighted by Crippen LogP contribution is 2.26. The Morgan fingerprint density at radius 2 is 1.65 bits per heavy atom. The molecule has 0 spiro atoms. The standard InChI is InChI=1S/C30H37N3O8S2/c1-29(2,3)41-27(37)31-23(14-15-42-5)25(35)33-30(18-34,39-4)17-20-8-12-22(13-9-20)40-21-10-6-19(7-11-21)16-24-26(36)32-28(38)43-24/h6-13,18,23-24H,14-17H2,1-5H3,(H,31,37)(H,33,35)(H,32,36,38). The number of amides is 4. The number of aldehydes is 1. The Hall–Kier alpha value is -3.55. The van der Waals surface area contributed by atoms with Crippen molar-refractivity contribution in [2.75, 3.05) is 19.1 Å². The first-order valence-electron chi connectivity index (χ1n) is 13.5. The van der Waals surface area contributed by atoms with Gasteiger partial charge in [-0.2, -0.15) is 11.8 Å². The van der Waals surface area contributed by atoms with Gasteiger partial charge in [0.15, 0.2) is 6.29 Å². The Morgan fingerprint density at radius 3 is 2.14 bits per heavy atom. The second-order valence-corrected chi connectivity index (χ2v) is 13.0. The number of rotatable bonds is 14. The summed E-state index contributed by atoms with van der Waals surface area (Å²) in [5.41, 5.74) is -0.810. The van der Waals surface area contributed by atoms with Crippen LogP contribution >= 0.6 is 23.5 Å². The molecule has 232 valence electrons. The molecule has 3 rings (SSSR count). The van der Waals surface area contributed by atoms with Crippen LogP contribution in [0.5, 0.6) is 11.5 Å². The topological polar surface area (TPSA) is 149 Å². The molecular formula is C30H37N3O8S2. The summed E-state index contributed by atoms with van der Waals surface area (Å²) in [5, 5.41) is 6.76. The normalized spacial score (nSPS) is 16.9. The third kappa shape index (κ3) is 10.6. The van der Waals surface area contributed by atoms with Crippen molar-refractivity contribution >= 4 is 53.0 Å². The van der Waals surface area contributed by atoms with E-state index in [0.29, 0.717) is 41.9 Å². The Bertz CT molecular complexity index is 1300. The van der Waals surface area contributed by atoms with E-state index in [1.165, 1.54) is 18.9 Å². The number of benzene rings is 2. The van der Waals surface area contributed by atoms with Gasteiger partial charge >= 0.3 is 6.09 Å². The second kappa shape index (κ2) is 15.3. The number of hydrogen-bond acceptors (Lipinski definition) is 10. The molecule has 43 heavy (non-hydrogen) atoms. The molecule has 2 aromatic carbocycles. The van der Waals surface area contributed by atoms with Crippen molar-refractivity contribution in [3.8, 4) is 11.5 Å². The Kier molecular flexibility index (Phi) is 12.0. The molecule has 0 saturated carbocycles. The zero-order valence-corrected chi connectivity index (χ0v) is 26.4. The number of carbonyl (C=O) groups is 5. The zero-order valence-electron chi connectivity index (χ0n) is 24.8. The van der Waals surface area contributed by atoms with Gasteiger partial charge in [0.25, 0.3) is 5.24 Å². The van der Waals surface area contributed by atoms with E-state index in [1.807, 2.05) is 18.4 Å². The minimum Gasteiger partial charge on any atom is -0.457 e. The van der Waals surface area contributed by atoms with Gasteiger partial charge in [0.2, 0.25) is 17.5 Å². The highest BCUT2D eigenvalue weighted by Gasteiger charge is 2.35. The molecule has 0 bridgehead atoms. The van der Waals surface area contributed by atoms with E-state index in [2.05, 4.69) is 16.0 Å². The molecule has 3 atom stereocenters. The summed E-state index contributed by atoms with van der Waals surface area (Å²) in [6, 6.07) is 13.3. The van der Waals surface area contributed by atoms with Crippen LogP contribution in [0.4, 0.5) is 9.59 Å². The van der Waals surface area contributed by atoms with E-state index in [0.717, 1.165) is 17.3 Å². The lowest BCUT2D eigenvalue weighted by Crippen LogP contribution is -2.59. The van der Waals surface area contributed by atoms with Gasteiger partial charge in [-0.25, -0.2) is 4.79 Å². The number of alkyl carbamates (subject to hydrolysis) is 1. The van der Waals surface area contributed by atoms with Crippen LogP contribution in [0.2, 0.25) is 0 Å². The largest absolute Gasteiger partial charge is 0.457 e. The van der Waals surface area contributed by atoms with Gasteiger partial charge in [0.1, 0.15) is 23.1 Å². The van der Waals surface area contributed by atoms with Gasteiger partial charge in [-0.1, -0.05) is 36.0 Å². The van der Waals surface area contributed by atoms with Crippen molar-refractivity contribution in [3.63, 3.8) is 0 Å². The van der Waals surface area contributed by atoms with E-state index < -0.39 is 34.6 Å². The van der Waals surface area contributed by atoms with E-state index >= 15 is 0 Å². The molecule has 1 saturated heterocycles. The van der Waals surface area contributed by atoms with Crippen LogP contribution in [0, 0.1) is 0 Å². The molecule has 1 heterocycles. The first-order chi connectivity index (χ1) is 20.3. The lowest BCUT2D eigenvalue weighted by atomic mass is 10.0. The van der Waals surface area contributed by atoms with Crippen LogP contribution < -0.4 is 20.7 Å². The van der Waals surface area contributed by atoms with Crippen molar-refractivity contribution in [2.45, 2.75) is 62.7 Å². The summed E-state index contributed by atoms with van der Waals surface area (Å²) in [7, 11) is 1.32. The number of thioether (sulfide) groups is 2. The molecule has 1 aliphatic rings. The van der Waals surface area contributed by atoms with E-state index in [4.69, 9.17) is 14.2 Å². The molecule has 2 aromatic rings. The number of nitrogens with one attached hydrogen (secondary N) is 3. The third-order valence-corrected chi connectivity index (χ3v) is 7.87. The molecule has 1 aliphatic heterocycles. The third-order valence-electron chi connectivity index (χ3n) is 6.24.